The first-order valence-corrected chi connectivity index (χ1v) is 13.8. The molecule has 1 heterocycles. The molecule has 180 valence electrons. The second-order valence-electron chi connectivity index (χ2n) is 8.21. The fourth-order valence-electron chi connectivity index (χ4n) is 4.03. The number of nitriles is 1. The minimum absolute atomic E-state index is 0.0740. The molecule has 0 radical (unpaired) electrons. The number of benzene rings is 1. The van der Waals surface area contributed by atoms with Gasteiger partial charge in [-0.25, -0.2) is 8.42 Å². The van der Waals surface area contributed by atoms with Crippen molar-refractivity contribution in [1.29, 1.82) is 5.26 Å². The second-order valence-corrected chi connectivity index (χ2v) is 11.3. The van der Waals surface area contributed by atoms with Gasteiger partial charge in [0.2, 0.25) is 11.8 Å². The van der Waals surface area contributed by atoms with E-state index in [1.165, 1.54) is 11.8 Å². The molecule has 1 aliphatic rings. The maximum atomic E-state index is 13.0. The van der Waals surface area contributed by atoms with Gasteiger partial charge in [0, 0.05) is 29.8 Å². The molecule has 0 aliphatic heterocycles. The minimum atomic E-state index is -3.57. The molecule has 0 unspecified atom stereocenters. The van der Waals surface area contributed by atoms with Crippen LogP contribution in [0.4, 0.5) is 0 Å². The van der Waals surface area contributed by atoms with Gasteiger partial charge in [-0.1, -0.05) is 18.9 Å². The van der Waals surface area contributed by atoms with Gasteiger partial charge >= 0.3 is 0 Å². The quantitative estimate of drug-likeness (QED) is 0.379. The highest BCUT2D eigenvalue weighted by Gasteiger charge is 2.34. The van der Waals surface area contributed by atoms with Crippen molar-refractivity contribution in [3.8, 4) is 6.07 Å². The number of hydrogen-bond acceptors (Lipinski definition) is 7. The Morgan fingerprint density at radius 3 is 2.59 bits per heavy atom. The average Bonchev–Trinajstić information content (AvgIpc) is 2.85. The van der Waals surface area contributed by atoms with Crippen LogP contribution in [0, 0.1) is 23.2 Å². The molecule has 1 aliphatic carbocycles. The van der Waals surface area contributed by atoms with E-state index in [0.29, 0.717) is 19.4 Å². The van der Waals surface area contributed by atoms with Gasteiger partial charge in [-0.15, -0.1) is 11.8 Å². The predicted molar refractivity (Wildman–Crippen MR) is 129 cm³/mol. The molecule has 2 aromatic rings. The molecule has 1 aromatic carbocycles. The van der Waals surface area contributed by atoms with Crippen LogP contribution >= 0.6 is 11.8 Å². The molecule has 0 spiro atoms. The van der Waals surface area contributed by atoms with Crippen LogP contribution in [-0.2, 0) is 26.0 Å². The number of carbonyl (C=O) groups is 2. The lowest BCUT2D eigenvalue weighted by Crippen LogP contribution is -2.39. The second kappa shape index (κ2) is 12.5. The largest absolute Gasteiger partial charge is 0.351 e. The van der Waals surface area contributed by atoms with Crippen molar-refractivity contribution in [3.63, 3.8) is 0 Å². The number of nitrogens with one attached hydrogen (secondary N) is 2. The SMILES string of the molecule is N#CCNC(=O)[C@@H]1CCCC[C@H]1CS(=O)(=O)c1ccc(SCC(=O)NCc2cccnc2)cc1. The third-order valence-electron chi connectivity index (χ3n) is 5.79. The number of carbonyl (C=O) groups excluding carboxylic acids is 2. The Labute approximate surface area is 204 Å². The summed E-state index contributed by atoms with van der Waals surface area (Å²) in [6, 6.07) is 12.1. The van der Waals surface area contributed by atoms with E-state index in [4.69, 9.17) is 5.26 Å². The Balaban J connectivity index is 1.53. The monoisotopic (exact) mass is 500 g/mol. The summed E-state index contributed by atoms with van der Waals surface area (Å²) in [4.78, 5) is 29.5. The third kappa shape index (κ3) is 7.57. The molecule has 34 heavy (non-hydrogen) atoms. The highest BCUT2D eigenvalue weighted by Crippen LogP contribution is 2.33. The highest BCUT2D eigenvalue weighted by molar-refractivity contribution is 8.00. The van der Waals surface area contributed by atoms with Crippen LogP contribution in [-0.4, -0.2) is 43.3 Å². The summed E-state index contributed by atoms with van der Waals surface area (Å²) in [5.41, 5.74) is 0.915. The minimum Gasteiger partial charge on any atom is -0.351 e. The lowest BCUT2D eigenvalue weighted by Gasteiger charge is -2.30. The maximum absolute atomic E-state index is 13.0. The fraction of sp³-hybridized carbons (Fsp3) is 0.417. The van der Waals surface area contributed by atoms with E-state index < -0.39 is 15.8 Å². The van der Waals surface area contributed by atoms with E-state index in [0.717, 1.165) is 23.3 Å². The fourth-order valence-corrected chi connectivity index (χ4v) is 6.47. The van der Waals surface area contributed by atoms with Gasteiger partial charge < -0.3 is 10.6 Å². The van der Waals surface area contributed by atoms with E-state index in [9.17, 15) is 18.0 Å². The van der Waals surface area contributed by atoms with Gasteiger partial charge in [0.05, 0.1) is 22.5 Å². The predicted octanol–water partition coefficient (Wildman–Crippen LogP) is 2.71. The van der Waals surface area contributed by atoms with Crippen LogP contribution in [0.3, 0.4) is 0 Å². The van der Waals surface area contributed by atoms with Crippen molar-refractivity contribution in [1.82, 2.24) is 15.6 Å². The number of aromatic nitrogens is 1. The highest BCUT2D eigenvalue weighted by atomic mass is 32.2. The Bertz CT molecular complexity index is 1120. The van der Waals surface area contributed by atoms with Gasteiger partial charge in [0.15, 0.2) is 9.84 Å². The molecular weight excluding hydrogens is 472 g/mol. The summed E-state index contributed by atoms with van der Waals surface area (Å²) in [5, 5.41) is 14.1. The van der Waals surface area contributed by atoms with Crippen molar-refractivity contribution < 1.29 is 18.0 Å². The number of sulfone groups is 1. The van der Waals surface area contributed by atoms with E-state index >= 15 is 0 Å². The topological polar surface area (TPSA) is 129 Å². The summed E-state index contributed by atoms with van der Waals surface area (Å²) >= 11 is 1.33. The zero-order valence-electron chi connectivity index (χ0n) is 18.8. The number of thioether (sulfide) groups is 1. The van der Waals surface area contributed by atoms with Gasteiger partial charge in [-0.3, -0.25) is 14.6 Å². The average molecular weight is 501 g/mol. The number of pyridine rings is 1. The van der Waals surface area contributed by atoms with E-state index in [2.05, 4.69) is 15.6 Å². The molecule has 1 saturated carbocycles. The Morgan fingerprint density at radius 1 is 1.12 bits per heavy atom. The summed E-state index contributed by atoms with van der Waals surface area (Å²) < 4.78 is 26.0. The Morgan fingerprint density at radius 2 is 1.88 bits per heavy atom. The molecule has 8 nitrogen and oxygen atoms in total. The van der Waals surface area contributed by atoms with Crippen molar-refractivity contribution in [2.24, 2.45) is 11.8 Å². The van der Waals surface area contributed by atoms with Crippen LogP contribution < -0.4 is 10.6 Å². The molecule has 0 bridgehead atoms. The van der Waals surface area contributed by atoms with E-state index in [-0.39, 0.29) is 40.7 Å². The summed E-state index contributed by atoms with van der Waals surface area (Å²) in [7, 11) is -3.57. The molecule has 0 saturated heterocycles. The summed E-state index contributed by atoms with van der Waals surface area (Å²) in [6.07, 6.45) is 6.44. The first kappa shape index (κ1) is 25.7. The molecule has 3 rings (SSSR count). The lowest BCUT2D eigenvalue weighted by atomic mass is 9.80. The normalized spacial score (nSPS) is 18.0. The standard InChI is InChI=1S/C24H28N4O4S2/c25-11-13-27-24(30)22-6-2-1-5-19(22)17-34(31,32)21-9-7-20(8-10-21)33-16-23(29)28-15-18-4-3-12-26-14-18/h3-4,7-10,12,14,19,22H,1-2,5-6,13,15-17H2,(H,27,30)(H,28,29)/t19-,22+/m0/s1. The molecule has 1 aromatic heterocycles. The van der Waals surface area contributed by atoms with Gasteiger partial charge in [0.1, 0.15) is 6.54 Å². The van der Waals surface area contributed by atoms with E-state index in [1.807, 2.05) is 18.2 Å². The number of hydrogen-bond donors (Lipinski definition) is 2. The third-order valence-corrected chi connectivity index (χ3v) is 8.66. The van der Waals surface area contributed by atoms with Crippen LogP contribution in [0.2, 0.25) is 0 Å². The van der Waals surface area contributed by atoms with Gasteiger partial charge in [-0.05, 0) is 54.7 Å². The number of rotatable bonds is 10. The molecule has 2 N–H and O–H groups in total. The van der Waals surface area contributed by atoms with Crippen molar-refractivity contribution in [2.45, 2.75) is 42.0 Å². The molecule has 2 amide bonds. The molecule has 10 heteroatoms. The van der Waals surface area contributed by atoms with Gasteiger partial charge in [0.25, 0.3) is 0 Å². The first-order chi connectivity index (χ1) is 16.4. The van der Waals surface area contributed by atoms with Crippen molar-refractivity contribution in [2.75, 3.05) is 18.1 Å². The number of nitrogens with zero attached hydrogens (tertiary/aromatic N) is 2. The number of amides is 2. The van der Waals surface area contributed by atoms with Crippen molar-refractivity contribution in [3.05, 3.63) is 54.4 Å². The molecule has 1 fully saturated rings. The van der Waals surface area contributed by atoms with Crippen LogP contribution in [0.1, 0.15) is 31.2 Å². The zero-order valence-corrected chi connectivity index (χ0v) is 20.4. The maximum Gasteiger partial charge on any atom is 0.230 e. The first-order valence-electron chi connectivity index (χ1n) is 11.1. The Hall–Kier alpha value is -2.90. The molecular formula is C24H28N4O4S2. The van der Waals surface area contributed by atoms with Crippen LogP contribution in [0.15, 0.2) is 58.6 Å². The lowest BCUT2D eigenvalue weighted by molar-refractivity contribution is -0.127. The van der Waals surface area contributed by atoms with E-state index in [1.54, 1.807) is 36.7 Å². The summed E-state index contributed by atoms with van der Waals surface area (Å²) in [6.45, 7) is 0.330. The van der Waals surface area contributed by atoms with Gasteiger partial charge in [-0.2, -0.15) is 5.26 Å². The molecule has 2 atom stereocenters. The summed E-state index contributed by atoms with van der Waals surface area (Å²) in [5.74, 6) is -0.903. The van der Waals surface area contributed by atoms with Crippen LogP contribution in [0.5, 0.6) is 0 Å². The Kier molecular flexibility index (Phi) is 9.48. The van der Waals surface area contributed by atoms with Crippen molar-refractivity contribution >= 4 is 33.4 Å². The van der Waals surface area contributed by atoms with Crippen LogP contribution in [0.25, 0.3) is 0 Å². The smallest absolute Gasteiger partial charge is 0.230 e. The zero-order chi connectivity index (χ0) is 24.4.